The van der Waals surface area contributed by atoms with E-state index in [-0.39, 0.29) is 37.0 Å². The fourth-order valence-corrected chi connectivity index (χ4v) is 2.99. The van der Waals surface area contributed by atoms with Gasteiger partial charge in [0.25, 0.3) is 0 Å². The molecule has 2 amide bonds. The number of carbonyl (C=O) groups excluding carboxylic acids is 2. The first kappa shape index (κ1) is 26.8. The summed E-state index contributed by atoms with van der Waals surface area (Å²) in [5.41, 5.74) is 16.2. The highest BCUT2D eigenvalue weighted by Crippen LogP contribution is 2.10. The van der Waals surface area contributed by atoms with Crippen LogP contribution in [0.1, 0.15) is 39.5 Å². The zero-order chi connectivity index (χ0) is 22.6. The van der Waals surface area contributed by atoms with Crippen LogP contribution in [0.2, 0.25) is 0 Å². The molecule has 0 saturated heterocycles. The molecule has 0 aromatic heterocycles. The molecule has 0 rings (SSSR count). The molecule has 0 bridgehead atoms. The molecule has 5 atom stereocenters. The lowest BCUT2D eigenvalue weighted by molar-refractivity contribution is -0.142. The Kier molecular flexibility index (Phi) is 12.8. The number of aliphatic imine (C=N–C) groups is 1. The lowest BCUT2D eigenvalue weighted by Gasteiger charge is -2.26. The van der Waals surface area contributed by atoms with E-state index >= 15 is 0 Å². The van der Waals surface area contributed by atoms with Gasteiger partial charge in [0.1, 0.15) is 12.1 Å². The molecule has 0 aliphatic carbocycles. The van der Waals surface area contributed by atoms with Crippen molar-refractivity contribution in [2.24, 2.45) is 28.1 Å². The van der Waals surface area contributed by atoms with E-state index in [9.17, 15) is 23.7 Å². The van der Waals surface area contributed by atoms with Crippen LogP contribution in [0.15, 0.2) is 4.99 Å². The summed E-state index contributed by atoms with van der Waals surface area (Å²) in [5.74, 6) is -2.42. The minimum Gasteiger partial charge on any atom is -0.480 e. The Balaban J connectivity index is 5.02. The van der Waals surface area contributed by atoms with Crippen molar-refractivity contribution >= 4 is 34.5 Å². The number of carboxylic acids is 1. The molecular formula is C17H34N6O5S. The van der Waals surface area contributed by atoms with Crippen LogP contribution in [0.4, 0.5) is 0 Å². The zero-order valence-corrected chi connectivity index (χ0v) is 18.0. The van der Waals surface area contributed by atoms with Crippen LogP contribution in [-0.4, -0.2) is 69.7 Å². The predicted octanol–water partition coefficient (Wildman–Crippen LogP) is -1.76. The maximum Gasteiger partial charge on any atom is 0.326 e. The first-order valence-corrected chi connectivity index (χ1v) is 11.2. The molecule has 5 unspecified atom stereocenters. The van der Waals surface area contributed by atoms with Crippen molar-refractivity contribution in [3.05, 3.63) is 0 Å². The summed E-state index contributed by atoms with van der Waals surface area (Å²) in [6.07, 6.45) is 2.79. The Morgan fingerprint density at radius 1 is 1.14 bits per heavy atom. The topological polar surface area (TPSA) is 203 Å². The first-order valence-electron chi connectivity index (χ1n) is 9.44. The minimum absolute atomic E-state index is 0.0938. The van der Waals surface area contributed by atoms with Crippen molar-refractivity contribution < 1.29 is 23.7 Å². The second-order valence-corrected chi connectivity index (χ2v) is 8.45. The van der Waals surface area contributed by atoms with E-state index in [1.807, 2.05) is 6.92 Å². The molecule has 0 aromatic carbocycles. The van der Waals surface area contributed by atoms with Gasteiger partial charge in [-0.25, -0.2) is 4.79 Å². The van der Waals surface area contributed by atoms with Gasteiger partial charge in [0.15, 0.2) is 5.96 Å². The van der Waals surface area contributed by atoms with Crippen LogP contribution in [0.25, 0.3) is 0 Å². The molecule has 0 heterocycles. The van der Waals surface area contributed by atoms with Crippen molar-refractivity contribution in [2.45, 2.75) is 57.7 Å². The number of hydrogen-bond donors (Lipinski definition) is 6. The summed E-state index contributed by atoms with van der Waals surface area (Å²) >= 11 is 0. The third kappa shape index (κ3) is 11.4. The van der Waals surface area contributed by atoms with Crippen LogP contribution in [0.5, 0.6) is 0 Å². The summed E-state index contributed by atoms with van der Waals surface area (Å²) < 4.78 is 11.2. The van der Waals surface area contributed by atoms with Crippen LogP contribution in [0, 0.1) is 5.92 Å². The molecule has 29 heavy (non-hydrogen) atoms. The van der Waals surface area contributed by atoms with E-state index in [1.165, 1.54) is 6.26 Å². The van der Waals surface area contributed by atoms with Gasteiger partial charge in [0.05, 0.1) is 6.04 Å². The number of nitrogens with zero attached hydrogens (tertiary/aromatic N) is 1. The highest BCUT2D eigenvalue weighted by Gasteiger charge is 2.30. The highest BCUT2D eigenvalue weighted by atomic mass is 32.2. The van der Waals surface area contributed by atoms with Gasteiger partial charge in [-0.05, 0) is 25.2 Å². The van der Waals surface area contributed by atoms with E-state index in [1.54, 1.807) is 6.92 Å². The number of aliphatic carboxylic acids is 1. The Morgan fingerprint density at radius 2 is 1.76 bits per heavy atom. The number of amides is 2. The fraction of sp³-hybridized carbons (Fsp3) is 0.765. The van der Waals surface area contributed by atoms with Gasteiger partial charge < -0.3 is 32.9 Å². The van der Waals surface area contributed by atoms with Crippen LogP contribution >= 0.6 is 0 Å². The molecule has 0 saturated carbocycles. The van der Waals surface area contributed by atoms with Crippen LogP contribution in [0.3, 0.4) is 0 Å². The van der Waals surface area contributed by atoms with Crippen molar-refractivity contribution in [3.8, 4) is 0 Å². The molecule has 0 spiro atoms. The van der Waals surface area contributed by atoms with Gasteiger partial charge in [-0.1, -0.05) is 20.3 Å². The average molecular weight is 435 g/mol. The van der Waals surface area contributed by atoms with Gasteiger partial charge in [-0.3, -0.25) is 18.8 Å². The maximum absolute atomic E-state index is 12.7. The van der Waals surface area contributed by atoms with Crippen molar-refractivity contribution in [1.29, 1.82) is 0 Å². The quantitative estimate of drug-likeness (QED) is 0.105. The van der Waals surface area contributed by atoms with Crippen LogP contribution < -0.4 is 27.8 Å². The standard InChI is InChI=1S/C17H34N6O5S/c1-4-10(2)13(23-14(24)11(18)7-9-29(3)28)15(25)22-12(16(26)27)6-5-8-21-17(19)20/h10-13H,4-9,18H2,1-3H3,(H,22,25)(H,23,24)(H,26,27)(H4,19,20,21). The molecule has 12 heteroatoms. The Labute approximate surface area is 173 Å². The lowest BCUT2D eigenvalue weighted by Crippen LogP contribution is -2.56. The zero-order valence-electron chi connectivity index (χ0n) is 17.2. The highest BCUT2D eigenvalue weighted by molar-refractivity contribution is 7.84. The van der Waals surface area contributed by atoms with Crippen LogP contribution in [-0.2, 0) is 25.2 Å². The summed E-state index contributed by atoms with van der Waals surface area (Å²) in [5, 5.41) is 14.4. The Bertz CT molecular complexity index is 611. The number of carbonyl (C=O) groups is 3. The number of nitrogens with one attached hydrogen (secondary N) is 2. The molecule has 0 aromatic rings. The number of rotatable bonds is 14. The van der Waals surface area contributed by atoms with E-state index in [2.05, 4.69) is 15.6 Å². The fourth-order valence-electron chi connectivity index (χ4n) is 2.41. The monoisotopic (exact) mass is 434 g/mol. The lowest BCUT2D eigenvalue weighted by atomic mass is 9.97. The second kappa shape index (κ2) is 13.9. The summed E-state index contributed by atoms with van der Waals surface area (Å²) in [6, 6.07) is -2.99. The summed E-state index contributed by atoms with van der Waals surface area (Å²) in [7, 11) is -1.08. The van der Waals surface area contributed by atoms with Crippen molar-refractivity contribution in [1.82, 2.24) is 10.6 Å². The molecule has 9 N–H and O–H groups in total. The molecule has 0 aliphatic rings. The van der Waals surface area contributed by atoms with Crippen molar-refractivity contribution in [2.75, 3.05) is 18.6 Å². The Hall–Kier alpha value is -2.21. The normalized spacial score (nSPS) is 16.0. The number of carboxylic acid groups (broad SMARTS) is 1. The van der Waals surface area contributed by atoms with E-state index in [0.717, 1.165) is 0 Å². The average Bonchev–Trinajstić information content (AvgIpc) is 2.64. The van der Waals surface area contributed by atoms with Gasteiger partial charge in [0, 0.05) is 29.4 Å². The van der Waals surface area contributed by atoms with Gasteiger partial charge in [-0.15, -0.1) is 0 Å². The van der Waals surface area contributed by atoms with Gasteiger partial charge in [-0.2, -0.15) is 0 Å². The van der Waals surface area contributed by atoms with Crippen molar-refractivity contribution in [3.63, 3.8) is 0 Å². The first-order chi connectivity index (χ1) is 13.5. The molecule has 0 radical (unpaired) electrons. The van der Waals surface area contributed by atoms with E-state index in [0.29, 0.717) is 12.8 Å². The largest absolute Gasteiger partial charge is 0.480 e. The molecule has 168 valence electrons. The van der Waals surface area contributed by atoms with E-state index < -0.39 is 46.7 Å². The number of guanidine groups is 1. The maximum atomic E-state index is 12.7. The Morgan fingerprint density at radius 3 is 2.24 bits per heavy atom. The molecule has 0 fully saturated rings. The van der Waals surface area contributed by atoms with Gasteiger partial charge in [0.2, 0.25) is 11.8 Å². The second-order valence-electron chi connectivity index (χ2n) is 6.89. The third-order valence-electron chi connectivity index (χ3n) is 4.41. The molecule has 11 nitrogen and oxygen atoms in total. The smallest absolute Gasteiger partial charge is 0.326 e. The molecular weight excluding hydrogens is 400 g/mol. The SMILES string of the molecule is CCC(C)C(NC(=O)C(N)CCS(C)=O)C(=O)NC(CCCN=C(N)N)C(=O)O. The number of nitrogens with two attached hydrogens (primary N) is 3. The van der Waals surface area contributed by atoms with Gasteiger partial charge >= 0.3 is 5.97 Å². The number of hydrogen-bond acceptors (Lipinski definition) is 6. The van der Waals surface area contributed by atoms with E-state index in [4.69, 9.17) is 17.2 Å². The third-order valence-corrected chi connectivity index (χ3v) is 5.22. The predicted molar refractivity (Wildman–Crippen MR) is 112 cm³/mol. The summed E-state index contributed by atoms with van der Waals surface area (Å²) in [6.45, 7) is 3.86. The minimum atomic E-state index is -1.19. The molecule has 0 aliphatic heterocycles. The summed E-state index contributed by atoms with van der Waals surface area (Å²) in [4.78, 5) is 40.2.